The summed E-state index contributed by atoms with van der Waals surface area (Å²) in [7, 11) is -3.84. The lowest BCUT2D eigenvalue weighted by Crippen LogP contribution is -2.50. The van der Waals surface area contributed by atoms with Gasteiger partial charge in [-0.25, -0.2) is 18.4 Å². The normalized spacial score (nSPS) is 13.1. The van der Waals surface area contributed by atoms with E-state index in [0.29, 0.717) is 34.4 Å². The van der Waals surface area contributed by atoms with Crippen molar-refractivity contribution in [2.45, 2.75) is 37.6 Å². The van der Waals surface area contributed by atoms with E-state index >= 15 is 0 Å². The Kier molecular flexibility index (Phi) is 8.66. The van der Waals surface area contributed by atoms with E-state index in [1.165, 1.54) is 0 Å². The van der Waals surface area contributed by atoms with Crippen LogP contribution in [0.5, 0.6) is 0 Å². The molecular formula is C25H25N5O7S2. The molecule has 0 aliphatic carbocycles. The van der Waals surface area contributed by atoms with Crippen molar-refractivity contribution in [3.05, 3.63) is 82.4 Å². The van der Waals surface area contributed by atoms with Crippen LogP contribution >= 0.6 is 11.3 Å². The Labute approximate surface area is 227 Å². The van der Waals surface area contributed by atoms with Gasteiger partial charge in [-0.1, -0.05) is 55.8 Å². The van der Waals surface area contributed by atoms with E-state index in [1.54, 1.807) is 54.6 Å². The lowest BCUT2D eigenvalue weighted by Gasteiger charge is -2.22. The number of nitro groups is 1. The second-order valence-corrected chi connectivity index (χ2v) is 11.8. The number of fused-ring (bicyclic) bond motifs is 1. The third-order valence-electron chi connectivity index (χ3n) is 5.65. The number of benzene rings is 2. The fraction of sp³-hybridized carbons (Fsp3) is 0.280. The highest BCUT2D eigenvalue weighted by atomic mass is 32.2. The number of hydrogen-bond donors (Lipinski definition) is 2. The van der Waals surface area contributed by atoms with Crippen LogP contribution in [-0.4, -0.2) is 52.8 Å². The molecule has 39 heavy (non-hydrogen) atoms. The Morgan fingerprint density at radius 2 is 1.82 bits per heavy atom. The number of amides is 1. The molecule has 0 fully saturated rings. The second-order valence-electron chi connectivity index (χ2n) is 8.70. The van der Waals surface area contributed by atoms with Crippen LogP contribution in [0.1, 0.15) is 36.0 Å². The third-order valence-corrected chi connectivity index (χ3v) is 8.15. The number of anilines is 1. The van der Waals surface area contributed by atoms with Crippen LogP contribution in [-0.2, 0) is 20.4 Å². The Morgan fingerprint density at radius 3 is 2.49 bits per heavy atom. The number of nitrogens with zero attached hydrogens (tertiary/aromatic N) is 3. The third kappa shape index (κ3) is 7.23. The SMILES string of the molecule is CCC[C@H](NC(=O)C(CS(=O)(=O)Cc1ccccc1)Nc1ncc([N+](=O)[O-])s1)C(=O)c1nc2ccccc2o1. The predicted molar refractivity (Wildman–Crippen MR) is 145 cm³/mol. The summed E-state index contributed by atoms with van der Waals surface area (Å²) < 4.78 is 31.7. The maximum absolute atomic E-state index is 13.4. The van der Waals surface area contributed by atoms with E-state index in [2.05, 4.69) is 20.6 Å². The number of sulfone groups is 1. The average Bonchev–Trinajstić information content (AvgIpc) is 3.55. The second kappa shape index (κ2) is 12.1. The first-order valence-corrected chi connectivity index (χ1v) is 14.6. The summed E-state index contributed by atoms with van der Waals surface area (Å²) in [5.74, 6) is -2.48. The number of aromatic nitrogens is 2. The van der Waals surface area contributed by atoms with Crippen molar-refractivity contribution in [1.82, 2.24) is 15.3 Å². The maximum Gasteiger partial charge on any atom is 0.345 e. The minimum Gasteiger partial charge on any atom is -0.434 e. The smallest absolute Gasteiger partial charge is 0.345 e. The Balaban J connectivity index is 1.57. The number of hydrogen-bond acceptors (Lipinski definition) is 11. The first-order chi connectivity index (χ1) is 18.6. The number of thiazole rings is 1. The standard InChI is InChI=1S/C25H25N5O7S2/c1-2-8-18(22(31)24-28-17-11-6-7-12-20(17)37-24)27-23(32)19(29-25-26-13-21(38-25)30(33)34)15-39(35,36)14-16-9-4-3-5-10-16/h3-7,9-13,18-19H,2,8,14-15H2,1H3,(H,26,29)(H,27,32)/t18-,19?/m0/s1. The molecule has 1 amide bonds. The number of oxazole rings is 1. The number of Topliss-reactive ketones (excluding diaryl/α,β-unsaturated/α-hetero) is 1. The van der Waals surface area contributed by atoms with Crippen molar-refractivity contribution in [2.75, 3.05) is 11.1 Å². The topological polar surface area (TPSA) is 174 Å². The van der Waals surface area contributed by atoms with E-state index in [9.17, 15) is 28.1 Å². The lowest BCUT2D eigenvalue weighted by atomic mass is 10.1. The van der Waals surface area contributed by atoms with Gasteiger partial charge in [0.25, 0.3) is 5.89 Å². The number of nitrogens with one attached hydrogen (secondary N) is 2. The van der Waals surface area contributed by atoms with E-state index in [4.69, 9.17) is 4.42 Å². The molecule has 0 aliphatic heterocycles. The molecule has 0 spiro atoms. The fourth-order valence-corrected chi connectivity index (χ4v) is 6.09. The zero-order valence-electron chi connectivity index (χ0n) is 20.8. The number of carbonyl (C=O) groups excluding carboxylic acids is 2. The number of para-hydroxylation sites is 2. The highest BCUT2D eigenvalue weighted by Crippen LogP contribution is 2.26. The molecule has 0 bridgehead atoms. The molecule has 4 rings (SSSR count). The van der Waals surface area contributed by atoms with Gasteiger partial charge < -0.3 is 15.1 Å². The van der Waals surface area contributed by atoms with Crippen molar-refractivity contribution in [3.8, 4) is 0 Å². The summed E-state index contributed by atoms with van der Waals surface area (Å²) in [5, 5.41) is 16.1. The van der Waals surface area contributed by atoms with E-state index in [-0.39, 0.29) is 28.2 Å². The maximum atomic E-state index is 13.4. The average molecular weight is 572 g/mol. The van der Waals surface area contributed by atoms with Gasteiger partial charge in [-0.2, -0.15) is 0 Å². The van der Waals surface area contributed by atoms with Gasteiger partial charge in [0.15, 0.2) is 20.6 Å². The Hall–Kier alpha value is -4.17. The van der Waals surface area contributed by atoms with Gasteiger partial charge in [-0.05, 0) is 35.5 Å². The summed E-state index contributed by atoms with van der Waals surface area (Å²) in [4.78, 5) is 45.2. The minimum absolute atomic E-state index is 0.00548. The zero-order valence-corrected chi connectivity index (χ0v) is 22.4. The van der Waals surface area contributed by atoms with Gasteiger partial charge in [0.05, 0.1) is 22.5 Å². The molecule has 12 nitrogen and oxygen atoms in total. The molecule has 1 unspecified atom stereocenters. The molecule has 2 aromatic heterocycles. The van der Waals surface area contributed by atoms with Crippen LogP contribution in [0.3, 0.4) is 0 Å². The summed E-state index contributed by atoms with van der Waals surface area (Å²) >= 11 is 0.663. The fourth-order valence-electron chi connectivity index (χ4n) is 3.85. The van der Waals surface area contributed by atoms with Crippen LogP contribution in [0, 0.1) is 10.1 Å². The molecule has 14 heteroatoms. The van der Waals surface area contributed by atoms with E-state index in [0.717, 1.165) is 6.20 Å². The molecule has 0 radical (unpaired) electrons. The molecular weight excluding hydrogens is 546 g/mol. The van der Waals surface area contributed by atoms with Gasteiger partial charge in [0.1, 0.15) is 17.8 Å². The van der Waals surface area contributed by atoms with Crippen molar-refractivity contribution in [3.63, 3.8) is 0 Å². The number of ketones is 1. The first-order valence-electron chi connectivity index (χ1n) is 12.0. The van der Waals surface area contributed by atoms with Crippen molar-refractivity contribution >= 4 is 54.1 Å². The van der Waals surface area contributed by atoms with Gasteiger partial charge in [0, 0.05) is 0 Å². The quantitative estimate of drug-likeness (QED) is 0.137. The van der Waals surface area contributed by atoms with Crippen LogP contribution < -0.4 is 10.6 Å². The summed E-state index contributed by atoms with van der Waals surface area (Å²) in [5.41, 5.74) is 1.44. The summed E-state index contributed by atoms with van der Waals surface area (Å²) in [6.07, 6.45) is 1.78. The molecule has 2 N–H and O–H groups in total. The van der Waals surface area contributed by atoms with Gasteiger partial charge >= 0.3 is 5.00 Å². The first kappa shape index (κ1) is 27.9. The summed E-state index contributed by atoms with van der Waals surface area (Å²) in [6, 6.07) is 12.9. The van der Waals surface area contributed by atoms with E-state index < -0.39 is 44.3 Å². The van der Waals surface area contributed by atoms with Crippen LogP contribution in [0.4, 0.5) is 10.1 Å². The monoisotopic (exact) mass is 571 g/mol. The van der Waals surface area contributed by atoms with Crippen molar-refractivity contribution in [1.29, 1.82) is 0 Å². The molecule has 0 aliphatic rings. The minimum atomic E-state index is -3.84. The molecule has 0 saturated heterocycles. The zero-order chi connectivity index (χ0) is 28.0. The van der Waals surface area contributed by atoms with Crippen LogP contribution in [0.2, 0.25) is 0 Å². The number of rotatable bonds is 13. The molecule has 2 atom stereocenters. The summed E-state index contributed by atoms with van der Waals surface area (Å²) in [6.45, 7) is 1.83. The van der Waals surface area contributed by atoms with Crippen molar-refractivity contribution < 1.29 is 27.3 Å². The Morgan fingerprint density at radius 1 is 1.10 bits per heavy atom. The lowest BCUT2D eigenvalue weighted by molar-refractivity contribution is -0.380. The molecule has 2 aromatic carbocycles. The predicted octanol–water partition coefficient (Wildman–Crippen LogP) is 3.76. The van der Waals surface area contributed by atoms with Gasteiger partial charge in [-0.15, -0.1) is 0 Å². The van der Waals surface area contributed by atoms with E-state index in [1.807, 2.05) is 6.92 Å². The van der Waals surface area contributed by atoms with Crippen molar-refractivity contribution in [2.24, 2.45) is 0 Å². The largest absolute Gasteiger partial charge is 0.434 e. The highest BCUT2D eigenvalue weighted by Gasteiger charge is 2.32. The van der Waals surface area contributed by atoms with Crippen LogP contribution in [0.15, 0.2) is 65.2 Å². The molecule has 2 heterocycles. The Bertz CT molecular complexity index is 1550. The highest BCUT2D eigenvalue weighted by molar-refractivity contribution is 7.90. The number of carbonyl (C=O) groups is 2. The van der Waals surface area contributed by atoms with Gasteiger partial charge in [0.2, 0.25) is 11.7 Å². The van der Waals surface area contributed by atoms with Gasteiger partial charge in [-0.3, -0.25) is 19.7 Å². The van der Waals surface area contributed by atoms with Crippen LogP contribution in [0.25, 0.3) is 11.1 Å². The molecule has 204 valence electrons. The molecule has 0 saturated carbocycles. The molecule has 4 aromatic rings.